The Kier molecular flexibility index (Phi) is 2.77. The van der Waals surface area contributed by atoms with Gasteiger partial charge in [-0.2, -0.15) is 0 Å². The van der Waals surface area contributed by atoms with Crippen LogP contribution in [0.15, 0.2) is 17.1 Å². The molecule has 2 rings (SSSR count). The fraction of sp³-hybridized carbons (Fsp3) is 0.444. The average Bonchev–Trinajstić information content (AvgIpc) is 2.29. The van der Waals surface area contributed by atoms with Gasteiger partial charge in [-0.15, -0.1) is 0 Å². The van der Waals surface area contributed by atoms with Gasteiger partial charge in [-0.25, -0.2) is 9.78 Å². The molecule has 1 aliphatic heterocycles. The summed E-state index contributed by atoms with van der Waals surface area (Å²) in [5, 5.41) is 3.15. The van der Waals surface area contributed by atoms with Gasteiger partial charge in [0.25, 0.3) is 5.91 Å². The predicted octanol–water partition coefficient (Wildman–Crippen LogP) is -1.18. The third-order valence-electron chi connectivity index (χ3n) is 2.31. The summed E-state index contributed by atoms with van der Waals surface area (Å²) < 4.78 is 0. The number of carbonyl (C=O) groups excluding carboxylic acids is 1. The zero-order valence-electron chi connectivity index (χ0n) is 8.19. The van der Waals surface area contributed by atoms with E-state index in [1.165, 1.54) is 12.3 Å². The van der Waals surface area contributed by atoms with Crippen LogP contribution in [0.2, 0.25) is 0 Å². The lowest BCUT2D eigenvalue weighted by molar-refractivity contribution is 0.0729. The SMILES string of the molecule is O=C(c1ccnc(=O)[nH]1)N1CCNCC1. The van der Waals surface area contributed by atoms with Crippen molar-refractivity contribution in [3.63, 3.8) is 0 Å². The van der Waals surface area contributed by atoms with E-state index in [1.807, 2.05) is 0 Å². The fourth-order valence-corrected chi connectivity index (χ4v) is 1.53. The number of aromatic nitrogens is 2. The molecule has 1 aliphatic rings. The molecule has 0 radical (unpaired) electrons. The van der Waals surface area contributed by atoms with Crippen LogP contribution >= 0.6 is 0 Å². The number of piperazine rings is 1. The molecule has 1 aromatic rings. The Morgan fingerprint density at radius 2 is 2.13 bits per heavy atom. The maximum absolute atomic E-state index is 11.9. The van der Waals surface area contributed by atoms with E-state index in [4.69, 9.17) is 0 Å². The van der Waals surface area contributed by atoms with Crippen LogP contribution in [0.1, 0.15) is 10.5 Å². The van der Waals surface area contributed by atoms with Gasteiger partial charge in [-0.05, 0) is 6.07 Å². The molecule has 6 heteroatoms. The molecule has 6 nitrogen and oxygen atoms in total. The monoisotopic (exact) mass is 208 g/mol. The van der Waals surface area contributed by atoms with E-state index in [1.54, 1.807) is 4.90 Å². The molecule has 2 heterocycles. The number of carbonyl (C=O) groups is 1. The molecule has 0 aliphatic carbocycles. The van der Waals surface area contributed by atoms with Gasteiger partial charge in [0, 0.05) is 32.4 Å². The number of aromatic amines is 1. The van der Waals surface area contributed by atoms with Crippen molar-refractivity contribution >= 4 is 5.91 Å². The molecule has 2 N–H and O–H groups in total. The molecule has 0 saturated carbocycles. The van der Waals surface area contributed by atoms with Gasteiger partial charge in [0.1, 0.15) is 5.69 Å². The fourth-order valence-electron chi connectivity index (χ4n) is 1.53. The van der Waals surface area contributed by atoms with Crippen molar-refractivity contribution in [1.29, 1.82) is 0 Å². The Hall–Kier alpha value is -1.69. The highest BCUT2D eigenvalue weighted by Crippen LogP contribution is 2.00. The smallest absolute Gasteiger partial charge is 0.335 e. The number of nitrogens with one attached hydrogen (secondary N) is 2. The predicted molar refractivity (Wildman–Crippen MR) is 53.6 cm³/mol. The summed E-state index contributed by atoms with van der Waals surface area (Å²) in [6, 6.07) is 1.52. The highest BCUT2D eigenvalue weighted by molar-refractivity contribution is 5.92. The third kappa shape index (κ3) is 2.21. The van der Waals surface area contributed by atoms with Gasteiger partial charge >= 0.3 is 5.69 Å². The molecule has 1 saturated heterocycles. The lowest BCUT2D eigenvalue weighted by Crippen LogP contribution is -2.46. The Morgan fingerprint density at radius 3 is 2.80 bits per heavy atom. The summed E-state index contributed by atoms with van der Waals surface area (Å²) in [6.45, 7) is 2.93. The molecular weight excluding hydrogens is 196 g/mol. The van der Waals surface area contributed by atoms with E-state index in [0.717, 1.165) is 13.1 Å². The highest BCUT2D eigenvalue weighted by atomic mass is 16.2. The second-order valence-electron chi connectivity index (χ2n) is 3.33. The first-order valence-corrected chi connectivity index (χ1v) is 4.83. The molecule has 0 bridgehead atoms. The number of H-pyrrole nitrogens is 1. The highest BCUT2D eigenvalue weighted by Gasteiger charge is 2.18. The molecule has 80 valence electrons. The van der Waals surface area contributed by atoms with Gasteiger partial charge in [0.2, 0.25) is 0 Å². The van der Waals surface area contributed by atoms with E-state index in [9.17, 15) is 9.59 Å². The quantitative estimate of drug-likeness (QED) is 0.608. The van der Waals surface area contributed by atoms with Crippen molar-refractivity contribution in [1.82, 2.24) is 20.2 Å². The molecule has 15 heavy (non-hydrogen) atoms. The average molecular weight is 208 g/mol. The van der Waals surface area contributed by atoms with Crippen molar-refractivity contribution in [2.45, 2.75) is 0 Å². The van der Waals surface area contributed by atoms with Crippen LogP contribution in [0.3, 0.4) is 0 Å². The number of rotatable bonds is 1. The Bertz CT molecular complexity index is 409. The minimum Gasteiger partial charge on any atom is -0.335 e. The van der Waals surface area contributed by atoms with Crippen molar-refractivity contribution in [3.05, 3.63) is 28.4 Å². The zero-order chi connectivity index (χ0) is 10.7. The van der Waals surface area contributed by atoms with Crippen molar-refractivity contribution in [3.8, 4) is 0 Å². The van der Waals surface area contributed by atoms with E-state index in [0.29, 0.717) is 18.8 Å². The molecule has 1 fully saturated rings. The van der Waals surface area contributed by atoms with Crippen molar-refractivity contribution in [2.75, 3.05) is 26.2 Å². The van der Waals surface area contributed by atoms with Gasteiger partial charge in [-0.3, -0.25) is 4.79 Å². The summed E-state index contributed by atoms with van der Waals surface area (Å²) in [5.41, 5.74) is -0.187. The number of hydrogen-bond acceptors (Lipinski definition) is 4. The van der Waals surface area contributed by atoms with Gasteiger partial charge in [0.15, 0.2) is 0 Å². The molecular formula is C9H12N4O2. The normalized spacial score (nSPS) is 16.4. The molecule has 1 aromatic heterocycles. The zero-order valence-corrected chi connectivity index (χ0v) is 8.19. The van der Waals surface area contributed by atoms with Gasteiger partial charge < -0.3 is 15.2 Å². The minimum absolute atomic E-state index is 0.143. The first kappa shape index (κ1) is 9.85. The van der Waals surface area contributed by atoms with Gasteiger partial charge in [0.05, 0.1) is 0 Å². The molecule has 0 aromatic carbocycles. The van der Waals surface area contributed by atoms with Crippen LogP contribution in [-0.4, -0.2) is 47.0 Å². The minimum atomic E-state index is -0.490. The summed E-state index contributed by atoms with van der Waals surface area (Å²) in [4.78, 5) is 30.4. The molecule has 0 unspecified atom stereocenters. The second-order valence-corrected chi connectivity index (χ2v) is 3.33. The summed E-state index contributed by atoms with van der Waals surface area (Å²) >= 11 is 0. The van der Waals surface area contributed by atoms with Crippen molar-refractivity contribution in [2.24, 2.45) is 0 Å². The number of nitrogens with zero attached hydrogens (tertiary/aromatic N) is 2. The van der Waals surface area contributed by atoms with E-state index >= 15 is 0 Å². The third-order valence-corrected chi connectivity index (χ3v) is 2.31. The standard InChI is InChI=1S/C9H12N4O2/c14-8(13-5-3-10-4-6-13)7-1-2-11-9(15)12-7/h1-2,10H,3-6H2,(H,11,12,15). The lowest BCUT2D eigenvalue weighted by atomic mass is 10.3. The summed E-state index contributed by atoms with van der Waals surface area (Å²) in [6.07, 6.45) is 1.34. The summed E-state index contributed by atoms with van der Waals surface area (Å²) in [5.74, 6) is -0.143. The summed E-state index contributed by atoms with van der Waals surface area (Å²) in [7, 11) is 0. The van der Waals surface area contributed by atoms with E-state index in [2.05, 4.69) is 15.3 Å². The van der Waals surface area contributed by atoms with E-state index < -0.39 is 5.69 Å². The Morgan fingerprint density at radius 1 is 1.40 bits per heavy atom. The first-order chi connectivity index (χ1) is 7.27. The second kappa shape index (κ2) is 4.22. The Balaban J connectivity index is 2.16. The number of hydrogen-bond donors (Lipinski definition) is 2. The topological polar surface area (TPSA) is 78.1 Å². The van der Waals surface area contributed by atoms with Crippen LogP contribution < -0.4 is 11.0 Å². The lowest BCUT2D eigenvalue weighted by Gasteiger charge is -2.27. The maximum Gasteiger partial charge on any atom is 0.345 e. The first-order valence-electron chi connectivity index (χ1n) is 4.83. The molecule has 0 spiro atoms. The van der Waals surface area contributed by atoms with Crippen LogP contribution in [0, 0.1) is 0 Å². The largest absolute Gasteiger partial charge is 0.345 e. The van der Waals surface area contributed by atoms with Gasteiger partial charge in [-0.1, -0.05) is 0 Å². The van der Waals surface area contributed by atoms with E-state index in [-0.39, 0.29) is 5.91 Å². The number of amides is 1. The molecule has 0 atom stereocenters. The Labute approximate surface area is 86.3 Å². The van der Waals surface area contributed by atoms with Crippen molar-refractivity contribution < 1.29 is 4.79 Å². The van der Waals surface area contributed by atoms with Crippen LogP contribution in [0.4, 0.5) is 0 Å². The maximum atomic E-state index is 11.9. The molecule has 1 amide bonds. The van der Waals surface area contributed by atoms with Crippen LogP contribution in [0.25, 0.3) is 0 Å². The van der Waals surface area contributed by atoms with Crippen LogP contribution in [0.5, 0.6) is 0 Å². The van der Waals surface area contributed by atoms with Crippen LogP contribution in [-0.2, 0) is 0 Å².